The third-order valence-corrected chi connectivity index (χ3v) is 5.25. The molecule has 1 aliphatic rings. The third-order valence-electron chi connectivity index (χ3n) is 5.25. The van der Waals surface area contributed by atoms with Crippen LogP contribution in [0.2, 0.25) is 0 Å². The van der Waals surface area contributed by atoms with Crippen LogP contribution in [0.3, 0.4) is 0 Å². The van der Waals surface area contributed by atoms with E-state index in [0.717, 1.165) is 25.3 Å². The number of aliphatic imine (C=N–C) groups is 1. The Morgan fingerprint density at radius 2 is 1.94 bits per heavy atom. The van der Waals surface area contributed by atoms with Gasteiger partial charge in [-0.1, -0.05) is 0 Å². The molecule has 14 heteroatoms. The average Bonchev–Trinajstić information content (AvgIpc) is 2.73. The van der Waals surface area contributed by atoms with Crippen LogP contribution in [0.4, 0.5) is 36.8 Å². The van der Waals surface area contributed by atoms with Gasteiger partial charge in [-0.15, -0.1) is 0 Å². The minimum Gasteiger partial charge on any atom is -0.433 e. The van der Waals surface area contributed by atoms with Crippen LogP contribution < -0.4 is 20.5 Å². The smallest absolute Gasteiger partial charge is 0.424 e. The second-order valence-corrected chi connectivity index (χ2v) is 7.97. The van der Waals surface area contributed by atoms with Crippen molar-refractivity contribution in [3.63, 3.8) is 0 Å². The first-order chi connectivity index (χ1) is 16.1. The fourth-order valence-electron chi connectivity index (χ4n) is 3.19. The maximum atomic E-state index is 14.6. The lowest BCUT2D eigenvalue weighted by Gasteiger charge is -2.41. The Labute approximate surface area is 195 Å². The van der Waals surface area contributed by atoms with E-state index < -0.39 is 48.3 Å². The highest BCUT2D eigenvalue weighted by molar-refractivity contribution is 5.91. The lowest BCUT2D eigenvalue weighted by molar-refractivity contribution is -0.249. The molecule has 2 atom stereocenters. The Morgan fingerprint density at radius 3 is 2.51 bits per heavy atom. The van der Waals surface area contributed by atoms with Gasteiger partial charge in [0, 0.05) is 16.8 Å². The van der Waals surface area contributed by atoms with Gasteiger partial charge in [0.2, 0.25) is 11.5 Å². The van der Waals surface area contributed by atoms with Gasteiger partial charge in [-0.25, -0.2) is 14.2 Å². The van der Waals surface area contributed by atoms with E-state index in [0.29, 0.717) is 0 Å². The van der Waals surface area contributed by atoms with Gasteiger partial charge in [0.1, 0.15) is 22.9 Å². The Kier molecular flexibility index (Phi) is 6.88. The molecule has 3 rings (SSSR count). The normalized spacial score (nSPS) is 22.5. The zero-order valence-electron chi connectivity index (χ0n) is 18.5. The molecular weight excluding hydrogens is 486 g/mol. The number of halogens is 6. The number of hydrogen-bond acceptors (Lipinski definition) is 7. The molecule has 0 bridgehead atoms. The van der Waals surface area contributed by atoms with Crippen LogP contribution in [0.5, 0.6) is 11.6 Å². The van der Waals surface area contributed by atoms with Crippen molar-refractivity contribution in [2.24, 2.45) is 10.7 Å². The lowest BCUT2D eigenvalue weighted by Crippen LogP contribution is -2.60. The molecule has 190 valence electrons. The van der Waals surface area contributed by atoms with Gasteiger partial charge in [-0.05, 0) is 45.0 Å². The number of nitrogens with zero attached hydrogens (tertiary/aromatic N) is 2. The predicted octanol–water partition coefficient (Wildman–Crippen LogP) is 4.67. The Bertz CT molecular complexity index is 1160. The number of aromatic nitrogens is 1. The van der Waals surface area contributed by atoms with Crippen LogP contribution >= 0.6 is 0 Å². The number of ether oxygens (including phenoxy) is 3. The van der Waals surface area contributed by atoms with Gasteiger partial charge in [-0.2, -0.15) is 22.0 Å². The fraction of sp³-hybridized carbons (Fsp3) is 0.381. The van der Waals surface area contributed by atoms with Crippen LogP contribution in [0.15, 0.2) is 35.5 Å². The number of aryl methyl sites for hydroxylation is 1. The first-order valence-corrected chi connectivity index (χ1v) is 9.91. The molecule has 3 N–H and O–H groups in total. The number of anilines is 1. The number of amides is 1. The predicted molar refractivity (Wildman–Crippen MR) is 111 cm³/mol. The number of nitrogens with two attached hydrogens (primary N) is 1. The Hall–Kier alpha value is -3.55. The molecule has 1 aliphatic heterocycles. The van der Waals surface area contributed by atoms with E-state index in [9.17, 15) is 31.1 Å². The summed E-state index contributed by atoms with van der Waals surface area (Å²) < 4.78 is 93.4. The number of benzene rings is 1. The number of pyridine rings is 1. The molecule has 0 aliphatic carbocycles. The van der Waals surface area contributed by atoms with Crippen LogP contribution in [0.1, 0.15) is 25.0 Å². The van der Waals surface area contributed by atoms with Gasteiger partial charge in [-0.3, -0.25) is 10.3 Å². The van der Waals surface area contributed by atoms with Crippen LogP contribution in [0.25, 0.3) is 0 Å². The summed E-state index contributed by atoms with van der Waals surface area (Å²) in [5.41, 5.74) is 1.13. The second-order valence-electron chi connectivity index (χ2n) is 7.97. The SMILES string of the molecule is Cc1cc(OC(F)F)cnc1OC(=O)Nc1ccc(F)c([C@]2(C)CO[C@@](C)(C(F)(F)F)C(N)=N2)c1. The van der Waals surface area contributed by atoms with Crippen molar-refractivity contribution < 1.29 is 45.3 Å². The summed E-state index contributed by atoms with van der Waals surface area (Å²) in [5.74, 6) is -2.15. The van der Waals surface area contributed by atoms with Crippen molar-refractivity contribution in [3.05, 3.63) is 47.4 Å². The molecule has 0 saturated heterocycles. The molecule has 1 amide bonds. The van der Waals surface area contributed by atoms with Gasteiger partial charge in [0.05, 0.1) is 12.8 Å². The molecule has 2 aromatic rings. The van der Waals surface area contributed by atoms with E-state index >= 15 is 0 Å². The number of nitrogens with one attached hydrogen (secondary N) is 1. The zero-order chi connectivity index (χ0) is 26.2. The molecule has 2 heterocycles. The molecule has 8 nitrogen and oxygen atoms in total. The van der Waals surface area contributed by atoms with E-state index in [-0.39, 0.29) is 28.4 Å². The number of hydrogen-bond donors (Lipinski definition) is 2. The van der Waals surface area contributed by atoms with E-state index in [2.05, 4.69) is 20.0 Å². The second kappa shape index (κ2) is 9.24. The monoisotopic (exact) mass is 506 g/mol. The molecule has 0 saturated carbocycles. The van der Waals surface area contributed by atoms with Gasteiger partial charge < -0.3 is 19.9 Å². The number of carbonyl (C=O) groups is 1. The molecular formula is C21H20F6N4O4. The van der Waals surface area contributed by atoms with E-state index in [1.54, 1.807) is 0 Å². The molecule has 35 heavy (non-hydrogen) atoms. The van der Waals surface area contributed by atoms with Gasteiger partial charge in [0.25, 0.3) is 0 Å². The molecule has 1 aromatic heterocycles. The highest BCUT2D eigenvalue weighted by Crippen LogP contribution is 2.41. The van der Waals surface area contributed by atoms with Crippen molar-refractivity contribution >= 4 is 17.6 Å². The van der Waals surface area contributed by atoms with Crippen molar-refractivity contribution in [1.82, 2.24) is 4.98 Å². The van der Waals surface area contributed by atoms with Crippen LogP contribution in [-0.2, 0) is 10.3 Å². The number of rotatable bonds is 5. The maximum Gasteiger partial charge on any atom is 0.424 e. The van der Waals surface area contributed by atoms with Crippen molar-refractivity contribution in [1.29, 1.82) is 0 Å². The minimum atomic E-state index is -4.84. The summed E-state index contributed by atoms with van der Waals surface area (Å²) in [6.07, 6.45) is -4.97. The van der Waals surface area contributed by atoms with Crippen molar-refractivity contribution in [2.45, 2.75) is 44.7 Å². The molecule has 1 aromatic carbocycles. The van der Waals surface area contributed by atoms with E-state index in [4.69, 9.17) is 15.2 Å². The largest absolute Gasteiger partial charge is 0.433 e. The van der Waals surface area contributed by atoms with Gasteiger partial charge >= 0.3 is 18.9 Å². The first kappa shape index (κ1) is 26.1. The zero-order valence-corrected chi connectivity index (χ0v) is 18.5. The van der Waals surface area contributed by atoms with Crippen LogP contribution in [-0.4, -0.2) is 41.9 Å². The summed E-state index contributed by atoms with van der Waals surface area (Å²) in [4.78, 5) is 19.9. The number of amidine groups is 1. The third kappa shape index (κ3) is 5.42. The lowest BCUT2D eigenvalue weighted by atomic mass is 9.89. The van der Waals surface area contributed by atoms with Gasteiger partial charge in [0.15, 0.2) is 0 Å². The van der Waals surface area contributed by atoms with Crippen molar-refractivity contribution in [3.8, 4) is 11.6 Å². The Balaban J connectivity index is 1.80. The summed E-state index contributed by atoms with van der Waals surface area (Å²) in [6.45, 7) is -0.225. The molecule has 0 radical (unpaired) electrons. The summed E-state index contributed by atoms with van der Waals surface area (Å²) in [7, 11) is 0. The molecule has 0 unspecified atom stereocenters. The van der Waals surface area contributed by atoms with E-state index in [1.807, 2.05) is 0 Å². The summed E-state index contributed by atoms with van der Waals surface area (Å²) in [6, 6.07) is 4.48. The molecule has 0 fully saturated rings. The van der Waals surface area contributed by atoms with Crippen molar-refractivity contribution in [2.75, 3.05) is 11.9 Å². The summed E-state index contributed by atoms with van der Waals surface area (Å²) >= 11 is 0. The minimum absolute atomic E-state index is 0.0147. The standard InChI is InChI=1S/C21H20F6N4O4/c1-10-6-12(34-17(23)24)8-29-15(10)35-18(32)30-11-4-5-14(22)13(7-11)19(2)9-33-20(3,16(28)31-19)21(25,26)27/h4-8,17H,9H2,1-3H3,(H2,28,31)(H,30,32)/t19-,20+/m0/s1. The number of carbonyl (C=O) groups excluding carboxylic acids is 1. The van der Waals surface area contributed by atoms with Crippen LogP contribution in [0, 0.1) is 12.7 Å². The summed E-state index contributed by atoms with van der Waals surface area (Å²) in [5, 5.41) is 2.32. The highest BCUT2D eigenvalue weighted by atomic mass is 19.4. The topological polar surface area (TPSA) is 108 Å². The average molecular weight is 506 g/mol. The fourth-order valence-corrected chi connectivity index (χ4v) is 3.19. The maximum absolute atomic E-state index is 14.6. The Morgan fingerprint density at radius 1 is 1.26 bits per heavy atom. The van der Waals surface area contributed by atoms with E-state index in [1.165, 1.54) is 26.0 Å². The number of alkyl halides is 5. The molecule has 0 spiro atoms. The quantitative estimate of drug-likeness (QED) is 0.571. The highest BCUT2D eigenvalue weighted by Gasteiger charge is 2.59. The first-order valence-electron chi connectivity index (χ1n) is 9.91.